The number of esters is 1. The summed E-state index contributed by atoms with van der Waals surface area (Å²) in [5.41, 5.74) is -0.382. The molecule has 1 saturated heterocycles. The van der Waals surface area contributed by atoms with Crippen LogP contribution < -0.4 is 15.0 Å². The van der Waals surface area contributed by atoms with Crippen molar-refractivity contribution in [1.82, 2.24) is 14.5 Å². The molecule has 220 valence electrons. The second kappa shape index (κ2) is 12.2. The summed E-state index contributed by atoms with van der Waals surface area (Å²) in [6.45, 7) is 11.5. The predicted octanol–water partition coefficient (Wildman–Crippen LogP) is 5.30. The Hall–Kier alpha value is -4.08. The SMILES string of the molecule is CC(C)(C)OC(=O)N1CCC[C@@H]1COc1cc(OCc2ccccc2)cc2ncn(COC(=O)C(C)(C)C)c(=O)c12. The molecular formula is C31H39N3O7. The third-order valence-electron chi connectivity index (χ3n) is 6.50. The molecule has 1 aliphatic heterocycles. The van der Waals surface area contributed by atoms with Gasteiger partial charge in [-0.25, -0.2) is 9.78 Å². The van der Waals surface area contributed by atoms with Crippen LogP contribution in [0.25, 0.3) is 10.9 Å². The maximum Gasteiger partial charge on any atom is 0.410 e. The number of likely N-dealkylation sites (tertiary alicyclic amines) is 1. The molecule has 10 nitrogen and oxygen atoms in total. The highest BCUT2D eigenvalue weighted by Crippen LogP contribution is 2.30. The van der Waals surface area contributed by atoms with Gasteiger partial charge in [0.1, 0.15) is 42.0 Å². The minimum Gasteiger partial charge on any atom is -0.490 e. The van der Waals surface area contributed by atoms with Crippen molar-refractivity contribution < 1.29 is 28.5 Å². The molecule has 0 radical (unpaired) electrons. The van der Waals surface area contributed by atoms with E-state index in [0.717, 1.165) is 18.4 Å². The fourth-order valence-electron chi connectivity index (χ4n) is 4.35. The van der Waals surface area contributed by atoms with E-state index in [4.69, 9.17) is 18.9 Å². The number of hydrogen-bond donors (Lipinski definition) is 0. The number of carbonyl (C=O) groups is 2. The molecule has 4 rings (SSSR count). The molecule has 1 fully saturated rings. The number of hydrogen-bond acceptors (Lipinski definition) is 8. The topological polar surface area (TPSA) is 109 Å². The van der Waals surface area contributed by atoms with Crippen molar-refractivity contribution in [2.75, 3.05) is 13.2 Å². The number of aromatic nitrogens is 2. The van der Waals surface area contributed by atoms with Crippen LogP contribution in [0.2, 0.25) is 0 Å². The zero-order valence-corrected chi connectivity index (χ0v) is 24.6. The van der Waals surface area contributed by atoms with Crippen molar-refractivity contribution in [1.29, 1.82) is 0 Å². The Bertz CT molecular complexity index is 1440. The van der Waals surface area contributed by atoms with E-state index in [0.29, 0.717) is 24.4 Å². The van der Waals surface area contributed by atoms with E-state index < -0.39 is 28.6 Å². The summed E-state index contributed by atoms with van der Waals surface area (Å²) in [5, 5.41) is 0.230. The Labute approximate surface area is 240 Å². The number of amides is 1. The van der Waals surface area contributed by atoms with Crippen LogP contribution >= 0.6 is 0 Å². The molecule has 10 heteroatoms. The standard InChI is InChI=1S/C31H39N3O7/c1-30(2,3)28(36)40-20-33-19-32-24-15-23(38-17-21-11-8-7-9-12-21)16-25(26(24)27(33)35)39-18-22-13-10-14-34(22)29(37)41-31(4,5)6/h7-9,11-12,15-16,19,22H,10,13-14,17-18,20H2,1-6H3/t22-/m1/s1. The molecule has 2 aromatic carbocycles. The van der Waals surface area contributed by atoms with Gasteiger partial charge in [0.15, 0.2) is 6.73 Å². The minimum absolute atomic E-state index is 0.157. The Morgan fingerprint density at radius 1 is 1.02 bits per heavy atom. The normalized spacial score (nSPS) is 15.6. The van der Waals surface area contributed by atoms with E-state index in [1.54, 1.807) is 37.8 Å². The van der Waals surface area contributed by atoms with Gasteiger partial charge in [-0.1, -0.05) is 30.3 Å². The fraction of sp³-hybridized carbons (Fsp3) is 0.484. The van der Waals surface area contributed by atoms with Gasteiger partial charge in [-0.05, 0) is 59.9 Å². The first-order valence-corrected chi connectivity index (χ1v) is 13.8. The van der Waals surface area contributed by atoms with Gasteiger partial charge in [0, 0.05) is 18.7 Å². The van der Waals surface area contributed by atoms with Crippen molar-refractivity contribution in [3.63, 3.8) is 0 Å². The van der Waals surface area contributed by atoms with Gasteiger partial charge >= 0.3 is 12.1 Å². The number of carbonyl (C=O) groups excluding carboxylic acids is 2. The molecule has 3 aromatic rings. The first-order valence-electron chi connectivity index (χ1n) is 13.8. The van der Waals surface area contributed by atoms with Gasteiger partial charge in [-0.3, -0.25) is 14.2 Å². The first-order chi connectivity index (χ1) is 19.3. The molecular weight excluding hydrogens is 526 g/mol. The number of benzene rings is 2. The van der Waals surface area contributed by atoms with Crippen LogP contribution in [0, 0.1) is 5.41 Å². The Morgan fingerprint density at radius 3 is 2.44 bits per heavy atom. The molecule has 0 bridgehead atoms. The zero-order valence-electron chi connectivity index (χ0n) is 24.6. The van der Waals surface area contributed by atoms with Crippen LogP contribution in [0.3, 0.4) is 0 Å². The van der Waals surface area contributed by atoms with Crippen LogP contribution in [-0.4, -0.2) is 51.3 Å². The highest BCUT2D eigenvalue weighted by molar-refractivity contribution is 5.86. The average Bonchev–Trinajstić information content (AvgIpc) is 3.38. The second-order valence-corrected chi connectivity index (χ2v) is 12.2. The summed E-state index contributed by atoms with van der Waals surface area (Å²) in [5.74, 6) is 0.320. The van der Waals surface area contributed by atoms with Gasteiger partial charge < -0.3 is 23.8 Å². The van der Waals surface area contributed by atoms with Crippen molar-refractivity contribution in [3.8, 4) is 11.5 Å². The van der Waals surface area contributed by atoms with Crippen LogP contribution in [0.15, 0.2) is 53.6 Å². The molecule has 0 unspecified atom stereocenters. The van der Waals surface area contributed by atoms with Crippen molar-refractivity contribution in [2.24, 2.45) is 5.41 Å². The largest absolute Gasteiger partial charge is 0.490 e. The lowest BCUT2D eigenvalue weighted by Gasteiger charge is -2.28. The second-order valence-electron chi connectivity index (χ2n) is 12.2. The summed E-state index contributed by atoms with van der Waals surface area (Å²) in [6.07, 6.45) is 2.51. The summed E-state index contributed by atoms with van der Waals surface area (Å²) in [7, 11) is 0. The summed E-state index contributed by atoms with van der Waals surface area (Å²) in [6, 6.07) is 12.8. The third kappa shape index (κ3) is 7.77. The average molecular weight is 566 g/mol. The molecule has 1 atom stereocenters. The molecule has 1 aliphatic rings. The van der Waals surface area contributed by atoms with Crippen LogP contribution in [0.4, 0.5) is 4.79 Å². The number of ether oxygens (including phenoxy) is 4. The van der Waals surface area contributed by atoms with Crippen molar-refractivity contribution in [2.45, 2.75) is 79.4 Å². The molecule has 0 aliphatic carbocycles. The molecule has 1 amide bonds. The number of rotatable bonds is 8. The van der Waals surface area contributed by atoms with Crippen molar-refractivity contribution in [3.05, 3.63) is 64.7 Å². The van der Waals surface area contributed by atoms with Crippen LogP contribution in [0.5, 0.6) is 11.5 Å². The fourth-order valence-corrected chi connectivity index (χ4v) is 4.35. The van der Waals surface area contributed by atoms with Gasteiger partial charge in [0.2, 0.25) is 0 Å². The number of nitrogens with zero attached hydrogens (tertiary/aromatic N) is 3. The molecule has 2 heterocycles. The Kier molecular flexibility index (Phi) is 8.89. The van der Waals surface area contributed by atoms with E-state index >= 15 is 0 Å². The minimum atomic E-state index is -0.714. The molecule has 1 aromatic heterocycles. The Morgan fingerprint density at radius 2 is 1.76 bits per heavy atom. The summed E-state index contributed by atoms with van der Waals surface area (Å²) < 4.78 is 24.4. The number of fused-ring (bicyclic) bond motifs is 1. The van der Waals surface area contributed by atoms with Gasteiger partial charge in [0.05, 0.1) is 17.0 Å². The van der Waals surface area contributed by atoms with Crippen molar-refractivity contribution >= 4 is 23.0 Å². The molecule has 0 N–H and O–H groups in total. The van der Waals surface area contributed by atoms with E-state index in [-0.39, 0.29) is 30.5 Å². The molecule has 0 spiro atoms. The third-order valence-corrected chi connectivity index (χ3v) is 6.50. The van der Waals surface area contributed by atoms with E-state index in [1.165, 1.54) is 10.9 Å². The highest BCUT2D eigenvalue weighted by Gasteiger charge is 2.33. The van der Waals surface area contributed by atoms with Crippen LogP contribution in [0.1, 0.15) is 59.9 Å². The van der Waals surface area contributed by atoms with Gasteiger partial charge in [0.25, 0.3) is 5.56 Å². The van der Waals surface area contributed by atoms with Gasteiger partial charge in [-0.2, -0.15) is 0 Å². The monoisotopic (exact) mass is 565 g/mol. The predicted molar refractivity (Wildman–Crippen MR) is 154 cm³/mol. The zero-order chi connectivity index (χ0) is 29.8. The lowest BCUT2D eigenvalue weighted by Crippen LogP contribution is -2.42. The smallest absolute Gasteiger partial charge is 0.410 e. The highest BCUT2D eigenvalue weighted by atomic mass is 16.6. The van der Waals surface area contributed by atoms with Gasteiger partial charge in [-0.15, -0.1) is 0 Å². The van der Waals surface area contributed by atoms with E-state index in [9.17, 15) is 14.4 Å². The van der Waals surface area contributed by atoms with Crippen LogP contribution in [-0.2, 0) is 27.6 Å². The maximum absolute atomic E-state index is 13.6. The molecule has 41 heavy (non-hydrogen) atoms. The Balaban J connectivity index is 1.62. The lowest BCUT2D eigenvalue weighted by atomic mass is 9.98. The van der Waals surface area contributed by atoms with E-state index in [2.05, 4.69) is 4.98 Å². The lowest BCUT2D eigenvalue weighted by molar-refractivity contribution is -0.157. The summed E-state index contributed by atoms with van der Waals surface area (Å²) in [4.78, 5) is 44.8. The quantitative estimate of drug-likeness (QED) is 0.339. The first kappa shape index (κ1) is 29.9. The summed E-state index contributed by atoms with van der Waals surface area (Å²) >= 11 is 0. The van der Waals surface area contributed by atoms with E-state index in [1.807, 2.05) is 51.1 Å². The molecule has 0 saturated carbocycles. The maximum atomic E-state index is 13.6.